The number of aryl methyl sites for hydroxylation is 1. The van der Waals surface area contributed by atoms with Crippen molar-refractivity contribution in [3.63, 3.8) is 0 Å². The van der Waals surface area contributed by atoms with Crippen LogP contribution in [0.4, 0.5) is 11.4 Å². The van der Waals surface area contributed by atoms with Gasteiger partial charge in [-0.25, -0.2) is 0 Å². The van der Waals surface area contributed by atoms with Crippen molar-refractivity contribution in [2.75, 3.05) is 11.9 Å². The Hall–Kier alpha value is -3.87. The predicted molar refractivity (Wildman–Crippen MR) is 141 cm³/mol. The summed E-state index contributed by atoms with van der Waals surface area (Å²) in [5, 5.41) is 23.8. The molecular formula is C26H21BrClN3O5. The maximum absolute atomic E-state index is 12.7. The molecule has 0 aliphatic heterocycles. The summed E-state index contributed by atoms with van der Waals surface area (Å²) in [6.07, 6.45) is 1.43. The lowest BCUT2D eigenvalue weighted by molar-refractivity contribution is -0.384. The fourth-order valence-electron chi connectivity index (χ4n) is 3.14. The predicted octanol–water partition coefficient (Wildman–Crippen LogP) is 6.84. The van der Waals surface area contributed by atoms with Gasteiger partial charge in [-0.2, -0.15) is 5.26 Å². The van der Waals surface area contributed by atoms with Crippen LogP contribution >= 0.6 is 27.5 Å². The van der Waals surface area contributed by atoms with Crippen LogP contribution in [-0.4, -0.2) is 17.4 Å². The van der Waals surface area contributed by atoms with Gasteiger partial charge in [0.2, 0.25) is 0 Å². The fraction of sp³-hybridized carbons (Fsp3) is 0.154. The molecule has 0 unspecified atom stereocenters. The SMILES string of the molecule is CCOc1cc(/C=C(/C#N)C(=O)Nc2ccc(C)c(Cl)c2)c(Br)cc1OCc1cccc([N+](=O)[O-])c1. The van der Waals surface area contributed by atoms with E-state index in [9.17, 15) is 20.2 Å². The van der Waals surface area contributed by atoms with Crippen LogP contribution < -0.4 is 14.8 Å². The van der Waals surface area contributed by atoms with E-state index in [0.717, 1.165) is 5.56 Å². The molecule has 0 heterocycles. The molecule has 1 N–H and O–H groups in total. The normalized spacial score (nSPS) is 10.9. The number of halogens is 2. The van der Waals surface area contributed by atoms with Gasteiger partial charge in [-0.15, -0.1) is 0 Å². The van der Waals surface area contributed by atoms with Crippen LogP contribution in [0, 0.1) is 28.4 Å². The largest absolute Gasteiger partial charge is 0.490 e. The zero-order valence-corrected chi connectivity index (χ0v) is 21.7. The molecule has 0 saturated heterocycles. The number of ether oxygens (including phenoxy) is 2. The maximum Gasteiger partial charge on any atom is 0.269 e. The van der Waals surface area contributed by atoms with Crippen molar-refractivity contribution in [2.45, 2.75) is 20.5 Å². The van der Waals surface area contributed by atoms with E-state index in [1.165, 1.54) is 18.2 Å². The van der Waals surface area contributed by atoms with Crippen molar-refractivity contribution in [3.8, 4) is 17.6 Å². The van der Waals surface area contributed by atoms with Crippen LogP contribution in [0.15, 0.2) is 64.6 Å². The Morgan fingerprint density at radius 2 is 1.94 bits per heavy atom. The molecule has 0 saturated carbocycles. The van der Waals surface area contributed by atoms with Crippen molar-refractivity contribution in [2.24, 2.45) is 0 Å². The minimum atomic E-state index is -0.590. The number of amides is 1. The first kappa shape index (κ1) is 26.7. The second-order valence-electron chi connectivity index (χ2n) is 7.56. The quantitative estimate of drug-likeness (QED) is 0.130. The molecule has 3 rings (SSSR count). The number of nitriles is 1. The van der Waals surface area contributed by atoms with E-state index in [4.69, 9.17) is 21.1 Å². The van der Waals surface area contributed by atoms with Gasteiger partial charge in [-0.1, -0.05) is 45.7 Å². The number of nitro groups is 1. The zero-order valence-electron chi connectivity index (χ0n) is 19.4. The van der Waals surface area contributed by atoms with Gasteiger partial charge in [0.15, 0.2) is 11.5 Å². The molecule has 8 nitrogen and oxygen atoms in total. The van der Waals surface area contributed by atoms with E-state index < -0.39 is 10.8 Å². The van der Waals surface area contributed by atoms with Gasteiger partial charge >= 0.3 is 0 Å². The summed E-state index contributed by atoms with van der Waals surface area (Å²) >= 11 is 9.57. The average molecular weight is 571 g/mol. The zero-order chi connectivity index (χ0) is 26.2. The summed E-state index contributed by atoms with van der Waals surface area (Å²) in [5.74, 6) is 0.193. The number of carbonyl (C=O) groups excluding carboxylic acids is 1. The number of nitro benzene ring substituents is 1. The van der Waals surface area contributed by atoms with E-state index >= 15 is 0 Å². The molecular weight excluding hydrogens is 550 g/mol. The van der Waals surface area contributed by atoms with Crippen LogP contribution in [0.1, 0.15) is 23.6 Å². The molecule has 3 aromatic carbocycles. The van der Waals surface area contributed by atoms with Gasteiger partial charge in [-0.05, 0) is 60.9 Å². The first-order chi connectivity index (χ1) is 17.2. The van der Waals surface area contributed by atoms with Crippen molar-refractivity contribution >= 4 is 50.9 Å². The summed E-state index contributed by atoms with van der Waals surface area (Å²) in [5.41, 5.74) is 2.32. The Labute approximate surface area is 221 Å². The Kier molecular flexibility index (Phi) is 9.06. The third kappa shape index (κ3) is 6.84. The molecule has 184 valence electrons. The molecule has 0 fully saturated rings. The highest BCUT2D eigenvalue weighted by Crippen LogP contribution is 2.35. The summed E-state index contributed by atoms with van der Waals surface area (Å²) in [6.45, 7) is 4.08. The topological polar surface area (TPSA) is 114 Å². The van der Waals surface area contributed by atoms with E-state index in [1.807, 2.05) is 19.9 Å². The van der Waals surface area contributed by atoms with Gasteiger partial charge in [-0.3, -0.25) is 14.9 Å². The summed E-state index contributed by atoms with van der Waals surface area (Å²) in [6, 6.07) is 16.4. The smallest absolute Gasteiger partial charge is 0.269 e. The Morgan fingerprint density at radius 1 is 1.19 bits per heavy atom. The Morgan fingerprint density at radius 3 is 2.61 bits per heavy atom. The van der Waals surface area contributed by atoms with Crippen LogP contribution in [0.2, 0.25) is 5.02 Å². The van der Waals surface area contributed by atoms with Gasteiger partial charge < -0.3 is 14.8 Å². The molecule has 0 radical (unpaired) electrons. The average Bonchev–Trinajstić information content (AvgIpc) is 2.85. The fourth-order valence-corrected chi connectivity index (χ4v) is 3.75. The monoisotopic (exact) mass is 569 g/mol. The van der Waals surface area contributed by atoms with Crippen molar-refractivity contribution in [3.05, 3.63) is 96.5 Å². The highest BCUT2D eigenvalue weighted by atomic mass is 79.9. The number of benzene rings is 3. The standard InChI is InChI=1S/C26H21BrClN3O5/c1-3-35-24-11-18(10-19(14-29)26(32)30-20-8-7-16(2)23(28)12-20)22(27)13-25(24)36-15-17-5-4-6-21(9-17)31(33)34/h4-13H,3,15H2,1-2H3,(H,30,32)/b19-10-. The number of rotatable bonds is 9. The van der Waals surface area contributed by atoms with Crippen LogP contribution in [0.5, 0.6) is 11.5 Å². The lowest BCUT2D eigenvalue weighted by Crippen LogP contribution is -2.13. The molecule has 3 aromatic rings. The molecule has 0 aromatic heterocycles. The number of non-ortho nitro benzene ring substituents is 1. The third-order valence-corrected chi connectivity index (χ3v) is 6.07. The number of hydrogen-bond donors (Lipinski definition) is 1. The van der Waals surface area contributed by atoms with Gasteiger partial charge in [0, 0.05) is 27.3 Å². The van der Waals surface area contributed by atoms with Crippen LogP contribution in [-0.2, 0) is 11.4 Å². The molecule has 0 spiro atoms. The first-order valence-corrected chi connectivity index (χ1v) is 11.9. The van der Waals surface area contributed by atoms with E-state index in [1.54, 1.807) is 42.5 Å². The van der Waals surface area contributed by atoms with Gasteiger partial charge in [0.25, 0.3) is 11.6 Å². The third-order valence-electron chi connectivity index (χ3n) is 4.97. The summed E-state index contributed by atoms with van der Waals surface area (Å²) < 4.78 is 12.1. The highest BCUT2D eigenvalue weighted by molar-refractivity contribution is 9.10. The van der Waals surface area contributed by atoms with Crippen LogP contribution in [0.3, 0.4) is 0 Å². The number of carbonyl (C=O) groups is 1. The van der Waals surface area contributed by atoms with Gasteiger partial charge in [0.05, 0.1) is 11.5 Å². The minimum Gasteiger partial charge on any atom is -0.490 e. The number of nitrogens with one attached hydrogen (secondary N) is 1. The van der Waals surface area contributed by atoms with Crippen molar-refractivity contribution in [1.29, 1.82) is 5.26 Å². The molecule has 0 atom stereocenters. The summed E-state index contributed by atoms with van der Waals surface area (Å²) in [4.78, 5) is 23.3. The minimum absolute atomic E-state index is 0.0296. The molecule has 1 amide bonds. The lowest BCUT2D eigenvalue weighted by atomic mass is 10.1. The Bertz CT molecular complexity index is 1380. The maximum atomic E-state index is 12.7. The molecule has 0 aliphatic rings. The van der Waals surface area contributed by atoms with Crippen molar-refractivity contribution < 1.29 is 19.2 Å². The lowest BCUT2D eigenvalue weighted by Gasteiger charge is -2.14. The number of nitrogens with zero attached hydrogens (tertiary/aromatic N) is 2. The number of hydrogen-bond acceptors (Lipinski definition) is 6. The van der Waals surface area contributed by atoms with E-state index in [2.05, 4.69) is 21.2 Å². The second kappa shape index (κ2) is 12.2. The van der Waals surface area contributed by atoms with Crippen LogP contribution in [0.25, 0.3) is 6.08 Å². The molecule has 10 heteroatoms. The van der Waals surface area contributed by atoms with E-state index in [-0.39, 0.29) is 17.9 Å². The second-order valence-corrected chi connectivity index (χ2v) is 8.82. The molecule has 36 heavy (non-hydrogen) atoms. The summed E-state index contributed by atoms with van der Waals surface area (Å²) in [7, 11) is 0. The van der Waals surface area contributed by atoms with E-state index in [0.29, 0.717) is 44.4 Å². The number of anilines is 1. The highest BCUT2D eigenvalue weighted by Gasteiger charge is 2.15. The first-order valence-electron chi connectivity index (χ1n) is 10.7. The molecule has 0 aliphatic carbocycles. The Balaban J connectivity index is 1.85. The van der Waals surface area contributed by atoms with Gasteiger partial charge in [0.1, 0.15) is 18.2 Å². The molecule has 0 bridgehead atoms. The van der Waals surface area contributed by atoms with Crippen molar-refractivity contribution in [1.82, 2.24) is 0 Å².